The molecule has 0 saturated carbocycles. The number of ether oxygens (including phenoxy) is 1. The van der Waals surface area contributed by atoms with Crippen molar-refractivity contribution in [2.45, 2.75) is 20.1 Å². The van der Waals surface area contributed by atoms with Gasteiger partial charge in [0.05, 0.1) is 12.7 Å². The zero-order valence-electron chi connectivity index (χ0n) is 18.7. The molecule has 0 bridgehead atoms. The van der Waals surface area contributed by atoms with Gasteiger partial charge in [0.15, 0.2) is 5.78 Å². The molecule has 2 heterocycles. The Morgan fingerprint density at radius 1 is 1.15 bits per heavy atom. The Labute approximate surface area is 190 Å². The molecule has 0 aliphatic heterocycles. The Hall–Kier alpha value is -4.20. The molecule has 4 rings (SSSR count). The van der Waals surface area contributed by atoms with Crippen LogP contribution in [0.3, 0.4) is 0 Å². The van der Waals surface area contributed by atoms with Crippen LogP contribution in [0.25, 0.3) is 11.0 Å². The van der Waals surface area contributed by atoms with Gasteiger partial charge in [-0.25, -0.2) is 9.48 Å². The molecule has 0 N–H and O–H groups in total. The van der Waals surface area contributed by atoms with E-state index in [4.69, 9.17) is 9.15 Å². The van der Waals surface area contributed by atoms with Crippen LogP contribution in [-0.4, -0.2) is 39.8 Å². The highest BCUT2D eigenvalue weighted by molar-refractivity contribution is 6.05. The normalized spacial score (nSPS) is 11.2. The third-order valence-electron chi connectivity index (χ3n) is 4.93. The van der Waals surface area contributed by atoms with Crippen LogP contribution < -0.4 is 10.4 Å². The molecule has 2 aromatic carbocycles. The number of benzene rings is 2. The van der Waals surface area contributed by atoms with E-state index in [-0.39, 0.29) is 12.2 Å². The number of aromatic nitrogens is 3. The average Bonchev–Trinajstić information content (AvgIpc) is 3.24. The lowest BCUT2D eigenvalue weighted by Crippen LogP contribution is -2.13. The quantitative estimate of drug-likeness (QED) is 0.233. The number of nitrogens with zero attached hydrogens (tertiary/aromatic N) is 4. The molecule has 0 unspecified atom stereocenters. The minimum atomic E-state index is -0.688. The van der Waals surface area contributed by atoms with Crippen molar-refractivity contribution in [3.8, 4) is 5.75 Å². The third-order valence-corrected chi connectivity index (χ3v) is 4.93. The minimum Gasteiger partial charge on any atom is -0.487 e. The van der Waals surface area contributed by atoms with Crippen LogP contribution in [0.5, 0.6) is 5.75 Å². The summed E-state index contributed by atoms with van der Waals surface area (Å²) in [6.07, 6.45) is 4.75. The summed E-state index contributed by atoms with van der Waals surface area (Å²) in [5.41, 5.74) is 2.66. The van der Waals surface area contributed by atoms with E-state index in [1.54, 1.807) is 48.1 Å². The summed E-state index contributed by atoms with van der Waals surface area (Å²) in [5.74, 6) is 0.110. The molecule has 0 aliphatic carbocycles. The number of carbonyl (C=O) groups is 1. The molecule has 8 nitrogen and oxygen atoms in total. The Morgan fingerprint density at radius 3 is 2.70 bits per heavy atom. The van der Waals surface area contributed by atoms with Gasteiger partial charge >= 0.3 is 5.63 Å². The van der Waals surface area contributed by atoms with E-state index in [1.165, 1.54) is 17.7 Å². The standard InChI is InChI=1S/C25H24N4O4/c1-17-4-6-18(7-5-17)14-29-15-20(26-27-29)16-32-21-9-8-19-12-22(23(30)10-11-28(2)3)25(31)33-24(19)13-21/h4-13,15H,14,16H2,1-3H3/b11-10+. The summed E-state index contributed by atoms with van der Waals surface area (Å²) in [5, 5.41) is 8.93. The lowest BCUT2D eigenvalue weighted by atomic mass is 10.1. The predicted octanol–water partition coefficient (Wildman–Crippen LogP) is 3.58. The number of rotatable bonds is 8. The number of fused-ring (bicyclic) bond motifs is 1. The molecule has 4 aromatic rings. The van der Waals surface area contributed by atoms with Gasteiger partial charge in [0.2, 0.25) is 0 Å². The van der Waals surface area contributed by atoms with Crippen molar-refractivity contribution < 1.29 is 13.9 Å². The minimum absolute atomic E-state index is 0.0144. The first-order chi connectivity index (χ1) is 15.9. The molecule has 0 radical (unpaired) electrons. The lowest BCUT2D eigenvalue weighted by molar-refractivity contribution is 0.104. The van der Waals surface area contributed by atoms with Gasteiger partial charge < -0.3 is 14.1 Å². The van der Waals surface area contributed by atoms with Gasteiger partial charge in [0, 0.05) is 37.8 Å². The van der Waals surface area contributed by atoms with Crippen molar-refractivity contribution in [1.29, 1.82) is 0 Å². The summed E-state index contributed by atoms with van der Waals surface area (Å²) in [6, 6.07) is 14.9. The molecule has 0 saturated heterocycles. The first kappa shape index (κ1) is 22.0. The summed E-state index contributed by atoms with van der Waals surface area (Å²) in [6.45, 7) is 2.89. The lowest BCUT2D eigenvalue weighted by Gasteiger charge is -2.06. The molecule has 0 amide bonds. The van der Waals surface area contributed by atoms with E-state index in [1.807, 2.05) is 6.20 Å². The van der Waals surface area contributed by atoms with Crippen molar-refractivity contribution >= 4 is 16.8 Å². The van der Waals surface area contributed by atoms with E-state index in [2.05, 4.69) is 41.5 Å². The fourth-order valence-corrected chi connectivity index (χ4v) is 3.18. The first-order valence-electron chi connectivity index (χ1n) is 10.4. The second-order valence-corrected chi connectivity index (χ2v) is 7.97. The third kappa shape index (κ3) is 5.54. The fraction of sp³-hybridized carbons (Fsp3) is 0.200. The highest BCUT2D eigenvalue weighted by atomic mass is 16.5. The Bertz CT molecular complexity index is 1370. The van der Waals surface area contributed by atoms with Gasteiger partial charge in [-0.05, 0) is 30.7 Å². The molecule has 0 fully saturated rings. The second kappa shape index (κ2) is 9.52. The van der Waals surface area contributed by atoms with Crippen molar-refractivity contribution in [2.24, 2.45) is 0 Å². The van der Waals surface area contributed by atoms with E-state index >= 15 is 0 Å². The fourth-order valence-electron chi connectivity index (χ4n) is 3.18. The van der Waals surface area contributed by atoms with Crippen LogP contribution in [0.15, 0.2) is 76.2 Å². The summed E-state index contributed by atoms with van der Waals surface area (Å²) >= 11 is 0. The van der Waals surface area contributed by atoms with Crippen LogP contribution in [-0.2, 0) is 13.2 Å². The second-order valence-electron chi connectivity index (χ2n) is 7.97. The number of aryl methyl sites for hydroxylation is 1. The van der Waals surface area contributed by atoms with Crippen LogP contribution >= 0.6 is 0 Å². The predicted molar refractivity (Wildman–Crippen MR) is 124 cm³/mol. The first-order valence-corrected chi connectivity index (χ1v) is 10.4. The van der Waals surface area contributed by atoms with E-state index < -0.39 is 11.4 Å². The molecule has 0 atom stereocenters. The summed E-state index contributed by atoms with van der Waals surface area (Å²) in [7, 11) is 3.58. The van der Waals surface area contributed by atoms with Gasteiger partial charge in [0.1, 0.15) is 29.2 Å². The SMILES string of the molecule is Cc1ccc(Cn2cc(COc3ccc4cc(C(=O)/C=C/N(C)C)c(=O)oc4c3)nn2)cc1. The molecule has 168 valence electrons. The Kier molecular flexibility index (Phi) is 6.35. The molecule has 0 spiro atoms. The maximum absolute atomic E-state index is 12.3. The molecule has 8 heteroatoms. The van der Waals surface area contributed by atoms with Gasteiger partial charge in [0.25, 0.3) is 0 Å². The molecular formula is C25H24N4O4. The van der Waals surface area contributed by atoms with Gasteiger partial charge in [-0.3, -0.25) is 4.79 Å². The largest absolute Gasteiger partial charge is 0.487 e. The topological polar surface area (TPSA) is 90.5 Å². The maximum atomic E-state index is 12.3. The number of allylic oxidation sites excluding steroid dienone is 1. The van der Waals surface area contributed by atoms with E-state index in [0.717, 1.165) is 5.56 Å². The zero-order valence-corrected chi connectivity index (χ0v) is 18.7. The molecule has 33 heavy (non-hydrogen) atoms. The molecular weight excluding hydrogens is 420 g/mol. The number of hydrogen-bond donors (Lipinski definition) is 0. The van der Waals surface area contributed by atoms with Gasteiger partial charge in [-0.1, -0.05) is 35.0 Å². The van der Waals surface area contributed by atoms with Crippen LogP contribution in [0.4, 0.5) is 0 Å². The summed E-state index contributed by atoms with van der Waals surface area (Å²) in [4.78, 5) is 26.3. The number of hydrogen-bond acceptors (Lipinski definition) is 7. The van der Waals surface area contributed by atoms with Gasteiger partial charge in [-0.2, -0.15) is 0 Å². The molecule has 0 aliphatic rings. The average molecular weight is 444 g/mol. The Morgan fingerprint density at radius 2 is 1.94 bits per heavy atom. The van der Waals surface area contributed by atoms with Crippen molar-refractivity contribution in [3.05, 3.63) is 99.8 Å². The number of ketones is 1. The van der Waals surface area contributed by atoms with Crippen molar-refractivity contribution in [1.82, 2.24) is 19.9 Å². The maximum Gasteiger partial charge on any atom is 0.347 e. The van der Waals surface area contributed by atoms with Crippen molar-refractivity contribution in [2.75, 3.05) is 14.1 Å². The van der Waals surface area contributed by atoms with Crippen molar-refractivity contribution in [3.63, 3.8) is 0 Å². The summed E-state index contributed by atoms with van der Waals surface area (Å²) < 4.78 is 12.9. The Balaban J connectivity index is 1.43. The number of carbonyl (C=O) groups excluding carboxylic acids is 1. The van der Waals surface area contributed by atoms with Crippen LogP contribution in [0.1, 0.15) is 27.2 Å². The molecule has 2 aromatic heterocycles. The van der Waals surface area contributed by atoms with Crippen LogP contribution in [0, 0.1) is 6.92 Å². The monoisotopic (exact) mass is 444 g/mol. The van der Waals surface area contributed by atoms with E-state index in [0.29, 0.717) is 29.0 Å². The van der Waals surface area contributed by atoms with Gasteiger partial charge in [-0.15, -0.1) is 5.10 Å². The highest BCUT2D eigenvalue weighted by Crippen LogP contribution is 2.21. The zero-order chi connectivity index (χ0) is 23.4. The van der Waals surface area contributed by atoms with Crippen LogP contribution in [0.2, 0.25) is 0 Å². The van der Waals surface area contributed by atoms with E-state index in [9.17, 15) is 9.59 Å². The highest BCUT2D eigenvalue weighted by Gasteiger charge is 2.12. The smallest absolute Gasteiger partial charge is 0.347 e.